The molecule has 1 fully saturated rings. The van der Waals surface area contributed by atoms with Crippen LogP contribution in [0.4, 0.5) is 0 Å². The monoisotopic (exact) mass is 212 g/mol. The van der Waals surface area contributed by atoms with Gasteiger partial charge in [-0.25, -0.2) is 0 Å². The fourth-order valence-electron chi connectivity index (χ4n) is 2.55. The van der Waals surface area contributed by atoms with Crippen molar-refractivity contribution in [3.8, 4) is 0 Å². The van der Waals surface area contributed by atoms with Crippen molar-refractivity contribution in [3.63, 3.8) is 0 Å². The summed E-state index contributed by atoms with van der Waals surface area (Å²) < 4.78 is 0. The fraction of sp³-hybridized carbons (Fsp3) is 0.750. The molecule has 0 bridgehead atoms. The Hall–Kier alpha value is -0.600. The third-order valence-electron chi connectivity index (χ3n) is 2.93. The Morgan fingerprint density at radius 1 is 1.40 bits per heavy atom. The first-order valence-corrected chi connectivity index (χ1v) is 5.27. The zero-order valence-corrected chi connectivity index (χ0v) is 9.62. The van der Waals surface area contributed by atoms with Crippen LogP contribution < -0.4 is 0 Å². The minimum Gasteiger partial charge on any atom is -0.393 e. The molecule has 2 atom stereocenters. The third-order valence-corrected chi connectivity index (χ3v) is 2.93. The van der Waals surface area contributed by atoms with Crippen LogP contribution in [0, 0.1) is 5.41 Å². The van der Waals surface area contributed by atoms with Crippen LogP contribution in [0.5, 0.6) is 0 Å². The van der Waals surface area contributed by atoms with Gasteiger partial charge in [-0.3, -0.25) is 0 Å². The summed E-state index contributed by atoms with van der Waals surface area (Å²) in [6, 6.07) is 0. The molecule has 3 nitrogen and oxygen atoms in total. The van der Waals surface area contributed by atoms with Crippen LogP contribution in [-0.4, -0.2) is 33.6 Å². The number of aliphatic hydroxyl groups excluding tert-OH is 2. The van der Waals surface area contributed by atoms with Crippen LogP contribution in [0.2, 0.25) is 0 Å². The van der Waals surface area contributed by atoms with Crippen molar-refractivity contribution in [2.24, 2.45) is 5.41 Å². The Morgan fingerprint density at radius 2 is 2.00 bits per heavy atom. The lowest BCUT2D eigenvalue weighted by molar-refractivity contribution is -0.0268. The van der Waals surface area contributed by atoms with E-state index in [4.69, 9.17) is 5.11 Å². The van der Waals surface area contributed by atoms with Crippen LogP contribution in [0.15, 0.2) is 17.4 Å². The highest BCUT2D eigenvalue weighted by molar-refractivity contribution is 5.25. The van der Waals surface area contributed by atoms with Gasteiger partial charge in [0.1, 0.15) is 0 Å². The molecule has 0 aromatic carbocycles. The van der Waals surface area contributed by atoms with Crippen molar-refractivity contribution in [1.82, 2.24) is 0 Å². The molecule has 2 unspecified atom stereocenters. The lowest BCUT2D eigenvalue weighted by atomic mass is 9.65. The van der Waals surface area contributed by atoms with Gasteiger partial charge < -0.3 is 15.3 Å². The van der Waals surface area contributed by atoms with Gasteiger partial charge in [0, 0.05) is 12.0 Å². The van der Waals surface area contributed by atoms with Gasteiger partial charge in [0.05, 0.1) is 18.3 Å². The number of hydrogen-bond acceptors (Lipinski definition) is 3. The quantitative estimate of drug-likeness (QED) is 0.568. The molecule has 0 aliphatic heterocycles. The predicted octanol–water partition coefficient (Wildman–Crippen LogP) is 0.992. The van der Waals surface area contributed by atoms with Gasteiger partial charge in [-0.05, 0) is 24.8 Å². The fourth-order valence-corrected chi connectivity index (χ4v) is 2.55. The molecule has 15 heavy (non-hydrogen) atoms. The molecular weight excluding hydrogens is 192 g/mol. The smallest absolute Gasteiger partial charge is 0.0931 e. The Bertz CT molecular complexity index is 276. The van der Waals surface area contributed by atoms with Crippen molar-refractivity contribution in [3.05, 3.63) is 17.4 Å². The first-order chi connectivity index (χ1) is 6.79. The average Bonchev–Trinajstić information content (AvgIpc) is 1.98. The molecule has 1 aliphatic carbocycles. The molecule has 0 amide bonds. The molecule has 0 spiro atoms. The second-order valence-electron chi connectivity index (χ2n) is 5.13. The van der Waals surface area contributed by atoms with E-state index in [9.17, 15) is 10.2 Å². The first kappa shape index (κ1) is 12.5. The summed E-state index contributed by atoms with van der Waals surface area (Å²) in [6.45, 7) is 5.54. The Morgan fingerprint density at radius 3 is 2.47 bits per heavy atom. The standard InChI is InChI=1S/C12H20O3/c1-11(2)7-9(14)8-12(3,15)10(11)5-4-6-13/h4,9,13-15H,6-8H2,1-3H3. The topological polar surface area (TPSA) is 60.7 Å². The van der Waals surface area contributed by atoms with Crippen molar-refractivity contribution in [2.45, 2.75) is 45.3 Å². The molecule has 0 aromatic rings. The largest absolute Gasteiger partial charge is 0.393 e. The van der Waals surface area contributed by atoms with Crippen molar-refractivity contribution in [1.29, 1.82) is 0 Å². The SMILES string of the molecule is CC1(C)CC(O)CC(C)(O)C1=C=CCO. The van der Waals surface area contributed by atoms with E-state index in [1.807, 2.05) is 13.8 Å². The summed E-state index contributed by atoms with van der Waals surface area (Å²) in [5, 5.41) is 28.6. The summed E-state index contributed by atoms with van der Waals surface area (Å²) in [4.78, 5) is 0. The maximum absolute atomic E-state index is 10.2. The zero-order chi connectivity index (χ0) is 11.7. The van der Waals surface area contributed by atoms with Gasteiger partial charge in [-0.2, -0.15) is 0 Å². The summed E-state index contributed by atoms with van der Waals surface area (Å²) in [6.07, 6.45) is 1.97. The molecule has 0 heterocycles. The number of aliphatic hydroxyl groups is 3. The van der Waals surface area contributed by atoms with E-state index in [0.717, 1.165) is 5.57 Å². The molecule has 3 heteroatoms. The van der Waals surface area contributed by atoms with Crippen LogP contribution >= 0.6 is 0 Å². The third kappa shape index (κ3) is 2.70. The Kier molecular flexibility index (Phi) is 3.41. The molecule has 1 rings (SSSR count). The molecule has 1 aliphatic rings. The van der Waals surface area contributed by atoms with Gasteiger partial charge in [0.15, 0.2) is 0 Å². The second kappa shape index (κ2) is 4.11. The van der Waals surface area contributed by atoms with Crippen molar-refractivity contribution >= 4 is 0 Å². The molecular formula is C12H20O3. The van der Waals surface area contributed by atoms with Gasteiger partial charge in [-0.1, -0.05) is 13.8 Å². The molecule has 3 N–H and O–H groups in total. The molecule has 1 saturated carbocycles. The van der Waals surface area contributed by atoms with Crippen LogP contribution in [0.1, 0.15) is 33.6 Å². The summed E-state index contributed by atoms with van der Waals surface area (Å²) in [7, 11) is 0. The highest BCUT2D eigenvalue weighted by atomic mass is 16.3. The maximum atomic E-state index is 10.2. The lowest BCUT2D eigenvalue weighted by Gasteiger charge is -2.43. The lowest BCUT2D eigenvalue weighted by Crippen LogP contribution is -2.45. The minimum atomic E-state index is -1.03. The van der Waals surface area contributed by atoms with Gasteiger partial charge in [-0.15, -0.1) is 5.73 Å². The second-order valence-corrected chi connectivity index (χ2v) is 5.13. The zero-order valence-electron chi connectivity index (χ0n) is 9.62. The van der Waals surface area contributed by atoms with E-state index in [2.05, 4.69) is 5.73 Å². The Labute approximate surface area is 90.8 Å². The highest BCUT2D eigenvalue weighted by Crippen LogP contribution is 2.45. The summed E-state index contributed by atoms with van der Waals surface area (Å²) in [5.41, 5.74) is 2.39. The van der Waals surface area contributed by atoms with E-state index in [1.165, 1.54) is 6.08 Å². The van der Waals surface area contributed by atoms with Crippen LogP contribution in [0.3, 0.4) is 0 Å². The summed E-state index contributed by atoms with van der Waals surface area (Å²) >= 11 is 0. The summed E-state index contributed by atoms with van der Waals surface area (Å²) in [5.74, 6) is 0. The van der Waals surface area contributed by atoms with E-state index >= 15 is 0 Å². The van der Waals surface area contributed by atoms with Crippen molar-refractivity contribution in [2.75, 3.05) is 6.61 Å². The normalized spacial score (nSPS) is 34.8. The van der Waals surface area contributed by atoms with Gasteiger partial charge in [0.2, 0.25) is 0 Å². The first-order valence-electron chi connectivity index (χ1n) is 5.27. The highest BCUT2D eigenvalue weighted by Gasteiger charge is 2.44. The van der Waals surface area contributed by atoms with Crippen LogP contribution in [-0.2, 0) is 0 Å². The van der Waals surface area contributed by atoms with E-state index in [1.54, 1.807) is 6.92 Å². The Balaban J connectivity index is 3.14. The van der Waals surface area contributed by atoms with Gasteiger partial charge >= 0.3 is 0 Å². The number of rotatable bonds is 1. The van der Waals surface area contributed by atoms with E-state index < -0.39 is 11.7 Å². The number of hydrogen-bond donors (Lipinski definition) is 3. The van der Waals surface area contributed by atoms with Crippen molar-refractivity contribution < 1.29 is 15.3 Å². The van der Waals surface area contributed by atoms with E-state index in [0.29, 0.717) is 12.8 Å². The molecule has 86 valence electrons. The molecule has 0 saturated heterocycles. The van der Waals surface area contributed by atoms with Crippen LogP contribution in [0.25, 0.3) is 0 Å². The molecule has 0 radical (unpaired) electrons. The minimum absolute atomic E-state index is 0.0851. The van der Waals surface area contributed by atoms with Gasteiger partial charge in [0.25, 0.3) is 0 Å². The average molecular weight is 212 g/mol. The van der Waals surface area contributed by atoms with E-state index in [-0.39, 0.29) is 12.0 Å². The maximum Gasteiger partial charge on any atom is 0.0931 e. The predicted molar refractivity (Wildman–Crippen MR) is 58.3 cm³/mol. The molecule has 0 aromatic heterocycles.